The molecule has 1 N–H and O–H groups in total. The SMILES string of the molecule is Clc1cccc(/C=N\Nc2cccc(Cl)c2)c1. The molecule has 2 rings (SSSR count). The Morgan fingerprint density at radius 2 is 1.65 bits per heavy atom. The van der Waals surface area contributed by atoms with E-state index in [-0.39, 0.29) is 0 Å². The lowest BCUT2D eigenvalue weighted by molar-refractivity contribution is 1.35. The third-order valence-electron chi connectivity index (χ3n) is 2.08. The lowest BCUT2D eigenvalue weighted by atomic mass is 10.2. The lowest BCUT2D eigenvalue weighted by Crippen LogP contribution is -1.90. The average Bonchev–Trinajstić information content (AvgIpc) is 2.29. The zero-order valence-corrected chi connectivity index (χ0v) is 10.4. The van der Waals surface area contributed by atoms with Crippen molar-refractivity contribution in [1.29, 1.82) is 0 Å². The molecule has 0 spiro atoms. The molecule has 0 aliphatic rings. The van der Waals surface area contributed by atoms with Gasteiger partial charge in [0.1, 0.15) is 0 Å². The quantitative estimate of drug-likeness (QED) is 0.644. The average molecular weight is 265 g/mol. The highest BCUT2D eigenvalue weighted by Crippen LogP contribution is 2.14. The lowest BCUT2D eigenvalue weighted by Gasteiger charge is -2.00. The van der Waals surface area contributed by atoms with Crippen LogP contribution in [-0.4, -0.2) is 6.21 Å². The number of anilines is 1. The summed E-state index contributed by atoms with van der Waals surface area (Å²) in [6, 6.07) is 14.8. The summed E-state index contributed by atoms with van der Waals surface area (Å²) in [5.74, 6) is 0. The van der Waals surface area contributed by atoms with Crippen molar-refractivity contribution in [3.8, 4) is 0 Å². The molecule has 0 radical (unpaired) electrons. The second kappa shape index (κ2) is 5.71. The van der Waals surface area contributed by atoms with E-state index in [2.05, 4.69) is 10.5 Å². The monoisotopic (exact) mass is 264 g/mol. The van der Waals surface area contributed by atoms with Crippen molar-refractivity contribution in [2.75, 3.05) is 5.43 Å². The van der Waals surface area contributed by atoms with Gasteiger partial charge in [-0.05, 0) is 35.9 Å². The number of hydrogen-bond donors (Lipinski definition) is 1. The first kappa shape index (κ1) is 12.0. The summed E-state index contributed by atoms with van der Waals surface area (Å²) in [7, 11) is 0. The zero-order chi connectivity index (χ0) is 12.1. The fourth-order valence-corrected chi connectivity index (χ4v) is 1.72. The van der Waals surface area contributed by atoms with E-state index < -0.39 is 0 Å². The molecule has 2 aromatic carbocycles. The highest BCUT2D eigenvalue weighted by molar-refractivity contribution is 6.31. The summed E-state index contributed by atoms with van der Waals surface area (Å²) in [6.07, 6.45) is 1.70. The van der Waals surface area contributed by atoms with Crippen LogP contribution >= 0.6 is 23.2 Å². The normalized spacial score (nSPS) is 10.7. The van der Waals surface area contributed by atoms with Crippen molar-refractivity contribution in [2.24, 2.45) is 5.10 Å². The molecular formula is C13H10Cl2N2. The van der Waals surface area contributed by atoms with Crippen molar-refractivity contribution in [3.63, 3.8) is 0 Å². The van der Waals surface area contributed by atoms with Crippen LogP contribution < -0.4 is 5.43 Å². The van der Waals surface area contributed by atoms with E-state index in [1.54, 1.807) is 12.3 Å². The predicted octanol–water partition coefficient (Wildman–Crippen LogP) is 4.44. The third kappa shape index (κ3) is 3.77. The molecule has 0 aliphatic carbocycles. The molecule has 0 saturated heterocycles. The highest BCUT2D eigenvalue weighted by atomic mass is 35.5. The maximum absolute atomic E-state index is 5.86. The minimum Gasteiger partial charge on any atom is -0.278 e. The fourth-order valence-electron chi connectivity index (χ4n) is 1.33. The number of halogens is 2. The zero-order valence-electron chi connectivity index (χ0n) is 8.90. The van der Waals surface area contributed by atoms with Crippen molar-refractivity contribution in [3.05, 3.63) is 64.1 Å². The van der Waals surface area contributed by atoms with Gasteiger partial charge in [0.15, 0.2) is 0 Å². The summed E-state index contributed by atoms with van der Waals surface area (Å²) in [5, 5.41) is 5.47. The Morgan fingerprint density at radius 1 is 0.941 bits per heavy atom. The third-order valence-corrected chi connectivity index (χ3v) is 2.55. The standard InChI is InChI=1S/C13H10Cl2N2/c14-11-4-1-3-10(7-11)9-16-17-13-6-2-5-12(15)8-13/h1-9,17H/b16-9-. The van der Waals surface area contributed by atoms with Crippen molar-refractivity contribution in [2.45, 2.75) is 0 Å². The maximum Gasteiger partial charge on any atom is 0.0576 e. The molecule has 0 unspecified atom stereocenters. The van der Waals surface area contributed by atoms with Crippen LogP contribution in [0.15, 0.2) is 53.6 Å². The van der Waals surface area contributed by atoms with Crippen molar-refractivity contribution in [1.82, 2.24) is 0 Å². The number of nitrogens with one attached hydrogen (secondary N) is 1. The number of rotatable bonds is 3. The molecule has 2 nitrogen and oxygen atoms in total. The van der Waals surface area contributed by atoms with E-state index in [0.29, 0.717) is 10.0 Å². The van der Waals surface area contributed by atoms with Gasteiger partial charge < -0.3 is 0 Å². The van der Waals surface area contributed by atoms with Gasteiger partial charge in [0.05, 0.1) is 11.9 Å². The Labute approximate surface area is 110 Å². The molecule has 2 aromatic rings. The van der Waals surface area contributed by atoms with Gasteiger partial charge in [0, 0.05) is 10.0 Å². The van der Waals surface area contributed by atoms with Gasteiger partial charge in [-0.1, -0.05) is 41.4 Å². The van der Waals surface area contributed by atoms with Crippen LogP contribution in [0.1, 0.15) is 5.56 Å². The van der Waals surface area contributed by atoms with Gasteiger partial charge >= 0.3 is 0 Å². The van der Waals surface area contributed by atoms with Crippen LogP contribution in [0.3, 0.4) is 0 Å². The van der Waals surface area contributed by atoms with Crippen LogP contribution in [0.4, 0.5) is 5.69 Å². The molecule has 0 saturated carbocycles. The first-order valence-corrected chi connectivity index (χ1v) is 5.80. The van der Waals surface area contributed by atoms with Gasteiger partial charge in [-0.3, -0.25) is 5.43 Å². The molecular weight excluding hydrogens is 255 g/mol. The van der Waals surface area contributed by atoms with Gasteiger partial charge in [0.2, 0.25) is 0 Å². The smallest absolute Gasteiger partial charge is 0.0576 e. The van der Waals surface area contributed by atoms with E-state index in [4.69, 9.17) is 23.2 Å². The van der Waals surface area contributed by atoms with Crippen molar-refractivity contribution < 1.29 is 0 Å². The minimum atomic E-state index is 0.674. The molecule has 0 aliphatic heterocycles. The van der Waals surface area contributed by atoms with Crippen LogP contribution in [0.25, 0.3) is 0 Å². The summed E-state index contributed by atoms with van der Waals surface area (Å²) >= 11 is 11.7. The van der Waals surface area contributed by atoms with E-state index in [0.717, 1.165) is 11.3 Å². The van der Waals surface area contributed by atoms with Gasteiger partial charge in [-0.25, -0.2) is 0 Å². The van der Waals surface area contributed by atoms with E-state index in [1.165, 1.54) is 0 Å². The van der Waals surface area contributed by atoms with E-state index >= 15 is 0 Å². The maximum atomic E-state index is 5.86. The topological polar surface area (TPSA) is 24.4 Å². The Hall–Kier alpha value is -1.51. The molecule has 4 heteroatoms. The summed E-state index contributed by atoms with van der Waals surface area (Å²) < 4.78 is 0. The Morgan fingerprint density at radius 3 is 2.35 bits per heavy atom. The molecule has 0 aromatic heterocycles. The van der Waals surface area contributed by atoms with Gasteiger partial charge in [0.25, 0.3) is 0 Å². The van der Waals surface area contributed by atoms with Crippen LogP contribution in [0, 0.1) is 0 Å². The van der Waals surface area contributed by atoms with Crippen LogP contribution in [0.2, 0.25) is 10.0 Å². The number of hydrogen-bond acceptors (Lipinski definition) is 2. The van der Waals surface area contributed by atoms with Gasteiger partial charge in [-0.2, -0.15) is 5.10 Å². The second-order valence-corrected chi connectivity index (χ2v) is 4.31. The summed E-state index contributed by atoms with van der Waals surface area (Å²) in [6.45, 7) is 0. The highest BCUT2D eigenvalue weighted by Gasteiger charge is 1.91. The van der Waals surface area contributed by atoms with E-state index in [1.807, 2.05) is 42.5 Å². The van der Waals surface area contributed by atoms with E-state index in [9.17, 15) is 0 Å². The molecule has 0 fully saturated rings. The first-order valence-electron chi connectivity index (χ1n) is 5.04. The molecule has 0 amide bonds. The molecule has 0 heterocycles. The summed E-state index contributed by atoms with van der Waals surface area (Å²) in [4.78, 5) is 0. The molecule has 86 valence electrons. The predicted molar refractivity (Wildman–Crippen MR) is 74.1 cm³/mol. The molecule has 17 heavy (non-hydrogen) atoms. The number of hydrazone groups is 1. The first-order chi connectivity index (χ1) is 8.24. The molecule has 0 bridgehead atoms. The Bertz CT molecular complexity index is 538. The number of benzene rings is 2. The summed E-state index contributed by atoms with van der Waals surface area (Å²) in [5.41, 5.74) is 4.68. The Balaban J connectivity index is 2.03. The number of nitrogens with zero attached hydrogens (tertiary/aromatic N) is 1. The largest absolute Gasteiger partial charge is 0.278 e. The van der Waals surface area contributed by atoms with Crippen LogP contribution in [0.5, 0.6) is 0 Å². The van der Waals surface area contributed by atoms with Crippen molar-refractivity contribution >= 4 is 35.1 Å². The van der Waals surface area contributed by atoms with Gasteiger partial charge in [-0.15, -0.1) is 0 Å². The second-order valence-electron chi connectivity index (χ2n) is 3.44. The molecule has 0 atom stereocenters. The minimum absolute atomic E-state index is 0.674. The Kier molecular flexibility index (Phi) is 4.02. The fraction of sp³-hybridized carbons (Fsp3) is 0. The van der Waals surface area contributed by atoms with Crippen LogP contribution in [-0.2, 0) is 0 Å².